The quantitative estimate of drug-likeness (QED) is 0.711. The second kappa shape index (κ2) is 7.96. The molecule has 8 heteroatoms. The number of aromatic nitrogens is 1. The molecule has 0 saturated carbocycles. The summed E-state index contributed by atoms with van der Waals surface area (Å²) in [6.45, 7) is 7.88. The van der Waals surface area contributed by atoms with Gasteiger partial charge in [-0.1, -0.05) is 19.9 Å². The number of piperidine rings is 1. The van der Waals surface area contributed by atoms with E-state index in [1.165, 1.54) is 22.8 Å². The lowest BCUT2D eigenvalue weighted by Gasteiger charge is -2.47. The molecule has 164 valence electrons. The fraction of sp³-hybridized carbons (Fsp3) is 0.591. The molecule has 2 saturated heterocycles. The van der Waals surface area contributed by atoms with Gasteiger partial charge in [0, 0.05) is 12.6 Å². The molecule has 2 aliphatic rings. The van der Waals surface area contributed by atoms with E-state index in [-0.39, 0.29) is 11.8 Å². The lowest BCUT2D eigenvalue weighted by atomic mass is 9.81. The number of sulfonamides is 1. The first kappa shape index (κ1) is 21.3. The molecule has 0 radical (unpaired) electrons. The van der Waals surface area contributed by atoms with Gasteiger partial charge in [-0.3, -0.25) is 9.21 Å². The summed E-state index contributed by atoms with van der Waals surface area (Å²) in [5, 5.41) is 0. The minimum Gasteiger partial charge on any atom is -0.447 e. The number of nitrogens with zero attached hydrogens (tertiary/aromatic N) is 3. The molecule has 3 heterocycles. The Labute approximate surface area is 178 Å². The molecule has 2 atom stereocenters. The van der Waals surface area contributed by atoms with Gasteiger partial charge in [0.1, 0.15) is 11.6 Å². The van der Waals surface area contributed by atoms with Crippen LogP contribution in [-0.2, 0) is 23.0 Å². The zero-order valence-electron chi connectivity index (χ0n) is 17.8. The van der Waals surface area contributed by atoms with Crippen LogP contribution in [0.1, 0.15) is 51.5 Å². The average Bonchev–Trinajstić information content (AvgIpc) is 3.19. The van der Waals surface area contributed by atoms with Crippen molar-refractivity contribution in [2.24, 2.45) is 5.92 Å². The van der Waals surface area contributed by atoms with Gasteiger partial charge in [-0.25, -0.2) is 17.8 Å². The molecular formula is C22H30FN3O3S. The summed E-state index contributed by atoms with van der Waals surface area (Å²) in [6, 6.07) is 6.10. The number of halogens is 1. The van der Waals surface area contributed by atoms with Crippen molar-refractivity contribution in [3.8, 4) is 0 Å². The molecule has 2 unspecified atom stereocenters. The number of hydrogen-bond donors (Lipinski definition) is 0. The van der Waals surface area contributed by atoms with E-state index in [0.717, 1.165) is 24.4 Å². The lowest BCUT2D eigenvalue weighted by Crippen LogP contribution is -2.56. The van der Waals surface area contributed by atoms with Gasteiger partial charge in [0.15, 0.2) is 6.39 Å². The molecule has 1 spiro atoms. The molecule has 0 aliphatic carbocycles. The topological polar surface area (TPSA) is 66.7 Å². The van der Waals surface area contributed by atoms with E-state index in [2.05, 4.69) is 30.7 Å². The van der Waals surface area contributed by atoms with Crippen LogP contribution < -0.4 is 4.31 Å². The summed E-state index contributed by atoms with van der Waals surface area (Å²) in [7, 11) is -3.46. The first-order chi connectivity index (χ1) is 14.2. The summed E-state index contributed by atoms with van der Waals surface area (Å²) < 4.78 is 46.9. The van der Waals surface area contributed by atoms with Crippen LogP contribution in [0.5, 0.6) is 0 Å². The highest BCUT2D eigenvalue weighted by Gasteiger charge is 2.52. The number of benzene rings is 1. The SMILES string of the molecule is CC(C)Cc1ncoc1CN1CCC2(CCS(=O)(=O)N2c2cccc(F)c2)CC1C. The van der Waals surface area contributed by atoms with E-state index in [0.29, 0.717) is 37.4 Å². The van der Waals surface area contributed by atoms with Gasteiger partial charge in [-0.05, 0) is 56.7 Å². The standard InChI is InChI=1S/C22H30FN3O3S/c1-16(2)11-20-21(29-15-24-20)14-25-9-7-22(13-17(25)3)8-10-30(27,28)26(22)19-6-4-5-18(23)12-19/h4-6,12,15-17H,7-11,13-14H2,1-3H3. The van der Waals surface area contributed by atoms with Crippen LogP contribution >= 0.6 is 0 Å². The van der Waals surface area contributed by atoms with Gasteiger partial charge < -0.3 is 4.42 Å². The molecule has 2 fully saturated rings. The molecule has 0 bridgehead atoms. The van der Waals surface area contributed by atoms with Gasteiger partial charge in [0.25, 0.3) is 0 Å². The van der Waals surface area contributed by atoms with E-state index < -0.39 is 21.4 Å². The number of rotatable bonds is 5. The Morgan fingerprint density at radius 3 is 2.83 bits per heavy atom. The van der Waals surface area contributed by atoms with E-state index in [4.69, 9.17) is 4.42 Å². The van der Waals surface area contributed by atoms with Gasteiger partial charge in [-0.15, -0.1) is 0 Å². The maximum atomic E-state index is 13.9. The Morgan fingerprint density at radius 1 is 1.33 bits per heavy atom. The minimum atomic E-state index is -3.46. The predicted octanol–water partition coefficient (Wildman–Crippen LogP) is 3.98. The highest BCUT2D eigenvalue weighted by molar-refractivity contribution is 7.93. The summed E-state index contributed by atoms with van der Waals surface area (Å²) in [5.74, 6) is 1.09. The molecule has 0 N–H and O–H groups in total. The van der Waals surface area contributed by atoms with Crippen LogP contribution in [0.2, 0.25) is 0 Å². The highest BCUT2D eigenvalue weighted by Crippen LogP contribution is 2.45. The highest BCUT2D eigenvalue weighted by atomic mass is 32.2. The molecule has 30 heavy (non-hydrogen) atoms. The zero-order valence-corrected chi connectivity index (χ0v) is 18.7. The molecule has 1 aromatic carbocycles. The number of hydrogen-bond acceptors (Lipinski definition) is 5. The number of oxazole rings is 1. The fourth-order valence-corrected chi connectivity index (χ4v) is 7.11. The lowest BCUT2D eigenvalue weighted by molar-refractivity contribution is 0.0950. The Bertz CT molecular complexity index is 1010. The third-order valence-electron chi connectivity index (χ3n) is 6.41. The van der Waals surface area contributed by atoms with Crippen LogP contribution in [0.15, 0.2) is 35.1 Å². The third-order valence-corrected chi connectivity index (χ3v) is 8.29. The Morgan fingerprint density at radius 2 is 2.13 bits per heavy atom. The van der Waals surface area contributed by atoms with Crippen molar-refractivity contribution < 1.29 is 17.2 Å². The van der Waals surface area contributed by atoms with Crippen molar-refractivity contribution in [1.29, 1.82) is 0 Å². The zero-order chi connectivity index (χ0) is 21.5. The van der Waals surface area contributed by atoms with Crippen LogP contribution in [0.25, 0.3) is 0 Å². The van der Waals surface area contributed by atoms with E-state index in [1.54, 1.807) is 12.1 Å². The van der Waals surface area contributed by atoms with Crippen molar-refractivity contribution in [1.82, 2.24) is 9.88 Å². The second-order valence-electron chi connectivity index (χ2n) is 9.13. The van der Waals surface area contributed by atoms with Crippen molar-refractivity contribution in [2.45, 2.75) is 64.6 Å². The largest absolute Gasteiger partial charge is 0.447 e. The maximum Gasteiger partial charge on any atom is 0.235 e. The first-order valence-corrected chi connectivity index (χ1v) is 12.2. The summed E-state index contributed by atoms with van der Waals surface area (Å²) in [4.78, 5) is 6.72. The van der Waals surface area contributed by atoms with Gasteiger partial charge in [-0.2, -0.15) is 0 Å². The van der Waals surface area contributed by atoms with Gasteiger partial charge in [0.2, 0.25) is 10.0 Å². The van der Waals surface area contributed by atoms with E-state index in [1.807, 2.05) is 0 Å². The second-order valence-corrected chi connectivity index (χ2v) is 11.1. The maximum absolute atomic E-state index is 13.9. The number of likely N-dealkylation sites (tertiary alicyclic amines) is 1. The third kappa shape index (κ3) is 3.99. The minimum absolute atomic E-state index is 0.108. The molecule has 1 aromatic heterocycles. The molecule has 2 aromatic rings. The van der Waals surface area contributed by atoms with Crippen molar-refractivity contribution in [3.05, 3.63) is 47.9 Å². The van der Waals surface area contributed by atoms with Crippen molar-refractivity contribution in [3.63, 3.8) is 0 Å². The van der Waals surface area contributed by atoms with Crippen molar-refractivity contribution >= 4 is 15.7 Å². The fourth-order valence-electron chi connectivity index (χ4n) is 5.00. The summed E-state index contributed by atoms with van der Waals surface area (Å²) in [6.07, 6.45) is 4.38. The number of anilines is 1. The smallest absolute Gasteiger partial charge is 0.235 e. The Balaban J connectivity index is 1.55. The summed E-state index contributed by atoms with van der Waals surface area (Å²) in [5.41, 5.74) is 0.940. The van der Waals surface area contributed by atoms with Gasteiger partial charge in [0.05, 0.1) is 29.2 Å². The molecule has 0 amide bonds. The van der Waals surface area contributed by atoms with Crippen LogP contribution in [0.4, 0.5) is 10.1 Å². The van der Waals surface area contributed by atoms with Crippen LogP contribution in [0.3, 0.4) is 0 Å². The summed E-state index contributed by atoms with van der Waals surface area (Å²) >= 11 is 0. The van der Waals surface area contributed by atoms with Crippen molar-refractivity contribution in [2.75, 3.05) is 16.6 Å². The van der Waals surface area contributed by atoms with Crippen LogP contribution in [-0.4, -0.2) is 42.2 Å². The van der Waals surface area contributed by atoms with E-state index >= 15 is 0 Å². The molecule has 4 rings (SSSR count). The predicted molar refractivity (Wildman–Crippen MR) is 114 cm³/mol. The van der Waals surface area contributed by atoms with Gasteiger partial charge >= 0.3 is 0 Å². The average molecular weight is 436 g/mol. The Kier molecular flexibility index (Phi) is 5.66. The van der Waals surface area contributed by atoms with E-state index in [9.17, 15) is 12.8 Å². The molecule has 2 aliphatic heterocycles. The monoisotopic (exact) mass is 435 g/mol. The Hall–Kier alpha value is -1.93. The molecular weight excluding hydrogens is 405 g/mol. The van der Waals surface area contributed by atoms with Crippen LogP contribution in [0, 0.1) is 11.7 Å². The normalized spacial score (nSPS) is 26.7. The molecule has 6 nitrogen and oxygen atoms in total. The first-order valence-electron chi connectivity index (χ1n) is 10.6.